The Bertz CT molecular complexity index is 3420. The van der Waals surface area contributed by atoms with Crippen LogP contribution in [0.2, 0.25) is 0 Å². The second-order valence-electron chi connectivity index (χ2n) is 26.2. The van der Waals surface area contributed by atoms with E-state index in [1.165, 1.54) is 19.1 Å². The summed E-state index contributed by atoms with van der Waals surface area (Å²) in [7, 11) is 0. The summed E-state index contributed by atoms with van der Waals surface area (Å²) < 4.78 is 15.3. The third-order valence-electron chi connectivity index (χ3n) is 18.7. The lowest BCUT2D eigenvalue weighted by atomic mass is 9.98. The molecule has 5 aliphatic rings. The van der Waals surface area contributed by atoms with Crippen molar-refractivity contribution < 1.29 is 103 Å². The Labute approximate surface area is 581 Å². The molecule has 9 rings (SSSR count). The molecule has 100 heavy (non-hydrogen) atoms. The van der Waals surface area contributed by atoms with Crippen LogP contribution in [-0.2, 0) is 49.3 Å². The lowest BCUT2D eigenvalue weighted by molar-refractivity contribution is -0.433. The van der Waals surface area contributed by atoms with Crippen LogP contribution in [0.3, 0.4) is 0 Å². The zero-order valence-electron chi connectivity index (χ0n) is 55.8. The number of carbonyl (C=O) groups is 7. The Morgan fingerprint density at radius 2 is 1.23 bits per heavy atom. The molecule has 0 spiro atoms. The minimum Gasteiger partial charge on any atom is -0.504 e. The second kappa shape index (κ2) is 35.1. The molecule has 7 amide bonds. The summed E-state index contributed by atoms with van der Waals surface area (Å²) in [5.41, 5.74) is 5.42. The molecule has 0 radical (unpaired) electrons. The van der Waals surface area contributed by atoms with E-state index in [1.54, 1.807) is 24.3 Å². The van der Waals surface area contributed by atoms with E-state index in [4.69, 9.17) is 14.2 Å². The Morgan fingerprint density at radius 3 is 1.82 bits per heavy atom. The Balaban J connectivity index is 0.942. The fraction of sp³-hybridized carbons (Fsp3) is 0.537. The quantitative estimate of drug-likeness (QED) is 0.0180. The van der Waals surface area contributed by atoms with Crippen LogP contribution in [0.1, 0.15) is 62.9 Å². The van der Waals surface area contributed by atoms with Gasteiger partial charge in [0.2, 0.25) is 35.4 Å². The molecule has 15 atom stereocenters. The third-order valence-corrected chi connectivity index (χ3v) is 19.1. The van der Waals surface area contributed by atoms with Crippen LogP contribution in [0.4, 0.5) is 17.1 Å². The van der Waals surface area contributed by atoms with Gasteiger partial charge >= 0.3 is 0 Å². The molecule has 0 aliphatic carbocycles. The number of β-amino-alcohol motifs (C(OH)–C–C–N with tert-alkyl or cyclic N) is 1. The van der Waals surface area contributed by atoms with Gasteiger partial charge in [-0.15, -0.1) is 0 Å². The van der Waals surface area contributed by atoms with Crippen LogP contribution in [0.5, 0.6) is 11.5 Å². The molecule has 32 nitrogen and oxygen atoms in total. The largest absolute Gasteiger partial charge is 0.504 e. The van der Waals surface area contributed by atoms with E-state index in [9.17, 15) is 74.7 Å². The molecule has 5 aliphatic heterocycles. The van der Waals surface area contributed by atoms with Crippen LogP contribution in [0.25, 0.3) is 11.1 Å². The van der Waals surface area contributed by atoms with Gasteiger partial charge in [0.1, 0.15) is 36.3 Å². The summed E-state index contributed by atoms with van der Waals surface area (Å²) in [6.07, 6.45) is -12.3. The fourth-order valence-electron chi connectivity index (χ4n) is 13.3. The average molecular weight is 1420 g/mol. The maximum absolute atomic E-state index is 15.0. The molecule has 33 heteroatoms. The number of rotatable bonds is 21. The minimum absolute atomic E-state index is 0.0703. The highest BCUT2D eigenvalue weighted by Gasteiger charge is 2.50. The van der Waals surface area contributed by atoms with E-state index in [0.717, 1.165) is 64.1 Å². The number of ether oxygens (including phenoxy) is 1. The van der Waals surface area contributed by atoms with Crippen LogP contribution in [0, 0.1) is 5.92 Å². The number of aliphatic hydroxyl groups is 8. The highest BCUT2D eigenvalue weighted by atomic mass is 32.2. The van der Waals surface area contributed by atoms with Crippen LogP contribution < -0.4 is 50.8 Å². The van der Waals surface area contributed by atoms with Gasteiger partial charge in [-0.1, -0.05) is 46.6 Å². The number of aromatic hydroxyl groups is 1. The number of phenolic OH excluding ortho intramolecular Hbond substituents is 1. The van der Waals surface area contributed by atoms with E-state index < -0.39 is 184 Å². The van der Waals surface area contributed by atoms with Crippen molar-refractivity contribution in [3.05, 3.63) is 102 Å². The first kappa shape index (κ1) is 76.2. The van der Waals surface area contributed by atoms with E-state index in [-0.39, 0.29) is 54.5 Å². The highest BCUT2D eigenvalue weighted by molar-refractivity contribution is 7.90. The standard InChI is InChI=1S/C67H91N11O21S/c1-36-30-78-59(60(36)87)65(92)69-29-48(82)27-50(70-61(88)43-10-16-46(17-11-43)75-23-21-74(22-24-75)45-12-6-41(7-13-45)42-8-14-47(15-9-42)76-31-37(2)96-38(3)32-76)62(89)71-56(39(4)81)66(93)77-33-49(83)28-51(77)63(90)72-57(54(86)25-40-5-18-52(84)55(26-40)97-100-99-98-95)64(91)73-58(67(78)94)53(85)19-20-68-44(34-79)35-80/h5-18,26,36-39,44,48-51,53-54,56-60,68,79-87,95H,19-25,27-35H2,1-4H3,(H,69,92)(H,70,88)(H,71,89)(H,72,90)(H,73,91)/t36-,37-,38+,39+,48+,49+,50?,51-,53+,54+,56-,57-,58-,59-,60-/m0/s1. The normalized spacial score (nSPS) is 27.1. The molecule has 16 N–H and O–H groups in total. The number of anilines is 3. The molecule has 1 unspecified atom stereocenters. The highest BCUT2D eigenvalue weighted by Crippen LogP contribution is 2.33. The molecule has 5 fully saturated rings. The number of fused-ring (bicyclic) bond motifs is 2. The topological polar surface area (TPSA) is 447 Å². The lowest BCUT2D eigenvalue weighted by Crippen LogP contribution is -2.64. The molecule has 0 saturated carbocycles. The van der Waals surface area contributed by atoms with Gasteiger partial charge in [0.25, 0.3) is 18.2 Å². The van der Waals surface area contributed by atoms with Gasteiger partial charge in [-0.25, -0.2) is 5.26 Å². The van der Waals surface area contributed by atoms with Gasteiger partial charge in [-0.2, -0.15) is 0 Å². The first-order chi connectivity index (χ1) is 47.8. The SMILES string of the molecule is C[C@@H]1CN(c2ccc(-c3ccc(N4CCN(c5ccc(C(=O)NC6C[C@@H](O)CNC(=O)[C@@H]7[C@@H](O)[C@@H](C)CN7C(=O)[C@H]([C@H](O)CCNC(CO)CO)NC(=O)[C@H]([C@H](O)Cc7ccc(O)c(OSOOO)c7)NC(=O)[C@@H]7C[C@@H](O)CN7C(=O)[C@H]([C@@H](C)O)NC6=O)cc5)CC4)cc3)cc2)C[C@H](C)O1. The first-order valence-corrected chi connectivity index (χ1v) is 34.0. The van der Waals surface area contributed by atoms with E-state index in [0.29, 0.717) is 26.2 Å². The van der Waals surface area contributed by atoms with Crippen molar-refractivity contribution in [3.8, 4) is 22.6 Å². The van der Waals surface area contributed by atoms with Crippen molar-refractivity contribution in [2.45, 2.75) is 145 Å². The molecular weight excluding hydrogens is 1330 g/mol. The maximum atomic E-state index is 15.0. The van der Waals surface area contributed by atoms with Gasteiger partial charge in [0, 0.05) is 107 Å². The number of nitrogens with one attached hydrogen (secondary N) is 6. The van der Waals surface area contributed by atoms with Crippen molar-refractivity contribution >= 4 is 70.7 Å². The van der Waals surface area contributed by atoms with Gasteiger partial charge in [0.15, 0.2) is 11.5 Å². The zero-order valence-corrected chi connectivity index (χ0v) is 56.6. The van der Waals surface area contributed by atoms with Crippen LogP contribution in [0.15, 0.2) is 91.0 Å². The van der Waals surface area contributed by atoms with Gasteiger partial charge in [-0.3, -0.25) is 33.6 Å². The van der Waals surface area contributed by atoms with Crippen molar-refractivity contribution in [1.29, 1.82) is 0 Å². The van der Waals surface area contributed by atoms with Crippen LogP contribution in [-0.4, -0.2) is 272 Å². The molecule has 546 valence electrons. The molecule has 0 bridgehead atoms. The van der Waals surface area contributed by atoms with Gasteiger partial charge in [0.05, 0.1) is 68.1 Å². The summed E-state index contributed by atoms with van der Waals surface area (Å²) in [5.74, 6) is -9.49. The monoisotopic (exact) mass is 1420 g/mol. The molecular formula is C67H91N11O21S. The second-order valence-corrected chi connectivity index (χ2v) is 26.6. The van der Waals surface area contributed by atoms with E-state index >= 15 is 4.79 Å². The third kappa shape index (κ3) is 19.1. The molecule has 0 aromatic heterocycles. The zero-order chi connectivity index (χ0) is 72.1. The van der Waals surface area contributed by atoms with Crippen molar-refractivity contribution in [3.63, 3.8) is 0 Å². The predicted octanol–water partition coefficient (Wildman–Crippen LogP) is -2.36. The fourth-order valence-corrected chi connectivity index (χ4v) is 13.5. The smallest absolute Gasteiger partial charge is 0.261 e. The average Bonchev–Trinajstić information content (AvgIpc) is 1.35. The van der Waals surface area contributed by atoms with Gasteiger partial charge in [-0.05, 0) is 111 Å². The molecule has 4 aromatic rings. The number of amides is 7. The van der Waals surface area contributed by atoms with Crippen LogP contribution >= 0.6 is 12.3 Å². The number of hydrogen-bond acceptors (Lipinski definition) is 26. The number of piperazine rings is 1. The molecule has 5 saturated heterocycles. The van der Waals surface area contributed by atoms with Gasteiger partial charge < -0.3 is 111 Å². The number of carbonyl (C=O) groups excluding carboxylic acids is 7. The molecule has 4 aromatic carbocycles. The first-order valence-electron chi connectivity index (χ1n) is 33.3. The minimum atomic E-state index is -2.16. The number of phenols is 1. The summed E-state index contributed by atoms with van der Waals surface area (Å²) in [4.78, 5) is 111. The summed E-state index contributed by atoms with van der Waals surface area (Å²) in [5, 5.41) is 126. The predicted molar refractivity (Wildman–Crippen MR) is 362 cm³/mol. The summed E-state index contributed by atoms with van der Waals surface area (Å²) >= 11 is 0.0703. The molecule has 5 heterocycles. The Morgan fingerprint density at radius 1 is 0.660 bits per heavy atom. The Kier molecular flexibility index (Phi) is 26.7. The number of nitrogens with zero attached hydrogens (tertiary/aromatic N) is 5. The maximum Gasteiger partial charge on any atom is 0.261 e. The number of hydrogen-bond donors (Lipinski definition) is 16. The number of benzene rings is 4. The Hall–Kier alpha value is -8.00. The summed E-state index contributed by atoms with van der Waals surface area (Å²) in [6, 6.07) is 14.9. The van der Waals surface area contributed by atoms with Crippen molar-refractivity contribution in [2.24, 2.45) is 5.92 Å². The van der Waals surface area contributed by atoms with Crippen molar-refractivity contribution in [2.75, 3.05) is 93.4 Å². The van der Waals surface area contributed by atoms with E-state index in [1.807, 2.05) is 0 Å². The van der Waals surface area contributed by atoms with E-state index in [2.05, 4.69) is 118 Å². The van der Waals surface area contributed by atoms with Crippen molar-refractivity contribution in [1.82, 2.24) is 41.7 Å². The summed E-state index contributed by atoms with van der Waals surface area (Å²) in [6.45, 7) is 8.26. The lowest BCUT2D eigenvalue weighted by Gasteiger charge is -2.37. The number of aliphatic hydroxyl groups excluding tert-OH is 8. The number of morpholine rings is 1.